The molecule has 0 N–H and O–H groups in total. The minimum absolute atomic E-state index is 0.605. The maximum absolute atomic E-state index is 4.21. The Kier molecular flexibility index (Phi) is 3.51. The summed E-state index contributed by atoms with van der Waals surface area (Å²) in [5, 5.41) is 0. The van der Waals surface area contributed by atoms with E-state index in [0.29, 0.717) is 10.5 Å². The highest BCUT2D eigenvalue weighted by molar-refractivity contribution is 5.97. The van der Waals surface area contributed by atoms with Gasteiger partial charge in [0.05, 0.1) is 0 Å². The molecule has 0 spiro atoms. The molecule has 0 atom stereocenters. The minimum Gasteiger partial charge on any atom is -0.359 e. The lowest BCUT2D eigenvalue weighted by molar-refractivity contribution is -0.143. The van der Waals surface area contributed by atoms with Crippen molar-refractivity contribution in [3.05, 3.63) is 12.8 Å². The number of rotatable bonds is 2. The third-order valence-corrected chi connectivity index (χ3v) is 0.357. The van der Waals surface area contributed by atoms with E-state index in [0.717, 1.165) is 0 Å². The van der Waals surface area contributed by atoms with E-state index >= 15 is 0 Å². The highest BCUT2D eigenvalue weighted by Gasteiger charge is 1.53. The number of hydrogen-bond acceptors (Lipinski definition) is 2. The largest absolute Gasteiger partial charge is 0.359 e. The summed E-state index contributed by atoms with van der Waals surface area (Å²) in [6.07, 6.45) is 1.24. The van der Waals surface area contributed by atoms with Gasteiger partial charge in [-0.25, -0.2) is 0 Å². The predicted molar refractivity (Wildman–Crippen MR) is 22.3 cm³/mol. The first-order valence-corrected chi connectivity index (χ1v) is 2.04. The van der Waals surface area contributed by atoms with Gasteiger partial charge in [-0.15, -0.1) is 0 Å². The lowest BCUT2D eigenvalue weighted by Gasteiger charge is -1.85. The van der Waals surface area contributed by atoms with Crippen LogP contribution >= 0.6 is 0 Å². The first kappa shape index (κ1) is 4.72. The van der Waals surface area contributed by atoms with Crippen molar-refractivity contribution in [3.63, 3.8) is 0 Å². The zero-order valence-corrected chi connectivity index (χ0v) is 5.10. The van der Waals surface area contributed by atoms with E-state index in [-0.39, 0.29) is 0 Å². The van der Waals surface area contributed by atoms with Crippen molar-refractivity contribution < 1.29 is 9.46 Å². The van der Waals surface area contributed by atoms with Crippen LogP contribution in [0.5, 0.6) is 0 Å². The Morgan fingerprint density at radius 3 is 2.40 bits per heavy atom. The molecular formula is C2H6O2Si. The Hall–Kier alpha value is -0.283. The summed E-state index contributed by atoms with van der Waals surface area (Å²) >= 11 is 0. The zero-order chi connectivity index (χ0) is 4.12. The summed E-state index contributed by atoms with van der Waals surface area (Å²) < 4.78 is 4.21. The fourth-order valence-electron chi connectivity index (χ4n) is 0.0680. The van der Waals surface area contributed by atoms with E-state index in [2.05, 4.69) is 16.0 Å². The van der Waals surface area contributed by atoms with E-state index in [9.17, 15) is 0 Å². The Labute approximate surface area is 33.9 Å². The second-order valence-electron chi connectivity index (χ2n) is 0.430. The van der Waals surface area contributed by atoms with E-state index in [1.54, 1.807) is 0 Å². The summed E-state index contributed by atoms with van der Waals surface area (Å²) in [4.78, 5) is 4.16. The van der Waals surface area contributed by atoms with E-state index in [1.165, 1.54) is 6.26 Å². The van der Waals surface area contributed by atoms with Crippen LogP contribution in [0.3, 0.4) is 0 Å². The molecule has 0 radical (unpaired) electrons. The van der Waals surface area contributed by atoms with Gasteiger partial charge in [0.2, 0.25) is 10.5 Å². The van der Waals surface area contributed by atoms with Crippen LogP contribution in [0.2, 0.25) is 0 Å². The SMILES string of the molecule is C=COO[SiH3]. The minimum atomic E-state index is 0.605. The molecule has 0 saturated heterocycles. The lowest BCUT2D eigenvalue weighted by atomic mass is 11.2. The van der Waals surface area contributed by atoms with E-state index in [1.807, 2.05) is 0 Å². The van der Waals surface area contributed by atoms with Crippen molar-refractivity contribution in [1.29, 1.82) is 0 Å². The molecule has 0 aromatic carbocycles. The second-order valence-corrected chi connectivity index (χ2v) is 0.763. The molecule has 0 heterocycles. The summed E-state index contributed by atoms with van der Waals surface area (Å²) in [6.45, 7) is 3.23. The van der Waals surface area contributed by atoms with Crippen molar-refractivity contribution in [2.75, 3.05) is 0 Å². The van der Waals surface area contributed by atoms with Crippen LogP contribution in [-0.4, -0.2) is 10.5 Å². The molecule has 5 heavy (non-hydrogen) atoms. The zero-order valence-electron chi connectivity index (χ0n) is 3.10. The summed E-state index contributed by atoms with van der Waals surface area (Å²) in [5.41, 5.74) is 0. The van der Waals surface area contributed by atoms with Gasteiger partial charge in [0.1, 0.15) is 6.26 Å². The van der Waals surface area contributed by atoms with Gasteiger partial charge in [0.25, 0.3) is 0 Å². The Morgan fingerprint density at radius 1 is 1.80 bits per heavy atom. The van der Waals surface area contributed by atoms with Crippen LogP contribution in [0.4, 0.5) is 0 Å². The van der Waals surface area contributed by atoms with E-state index < -0.39 is 0 Å². The van der Waals surface area contributed by atoms with Crippen molar-refractivity contribution >= 4 is 10.5 Å². The molecule has 0 aliphatic rings. The topological polar surface area (TPSA) is 18.5 Å². The monoisotopic (exact) mass is 90.0 g/mol. The highest BCUT2D eigenvalue weighted by atomic mass is 28.2. The van der Waals surface area contributed by atoms with Crippen LogP contribution in [0.15, 0.2) is 12.8 Å². The first-order chi connectivity index (χ1) is 2.41. The molecule has 0 aromatic heterocycles. The molecule has 0 fully saturated rings. The van der Waals surface area contributed by atoms with E-state index in [4.69, 9.17) is 0 Å². The van der Waals surface area contributed by atoms with Gasteiger partial charge < -0.3 is 4.89 Å². The smallest absolute Gasteiger partial charge is 0.209 e. The molecule has 3 heteroatoms. The van der Waals surface area contributed by atoms with Crippen molar-refractivity contribution in [1.82, 2.24) is 0 Å². The van der Waals surface area contributed by atoms with Gasteiger partial charge in [0.15, 0.2) is 0 Å². The Morgan fingerprint density at radius 2 is 2.40 bits per heavy atom. The van der Waals surface area contributed by atoms with Crippen LogP contribution in [0.25, 0.3) is 0 Å². The van der Waals surface area contributed by atoms with Gasteiger partial charge in [-0.2, -0.15) is 0 Å². The summed E-state index contributed by atoms with van der Waals surface area (Å²) in [6, 6.07) is 0. The van der Waals surface area contributed by atoms with Crippen molar-refractivity contribution in [2.24, 2.45) is 0 Å². The second kappa shape index (κ2) is 3.72. The Balaban J connectivity index is 2.40. The third-order valence-electron chi connectivity index (χ3n) is 0.164. The summed E-state index contributed by atoms with van der Waals surface area (Å²) in [7, 11) is 0.605. The van der Waals surface area contributed by atoms with Crippen LogP contribution in [0, 0.1) is 0 Å². The van der Waals surface area contributed by atoms with Crippen LogP contribution in [-0.2, 0) is 9.46 Å². The molecular weight excluding hydrogens is 84.1 g/mol. The molecule has 0 aliphatic carbocycles. The average molecular weight is 90.2 g/mol. The fraction of sp³-hybridized carbons (Fsp3) is 0. The number of hydrogen-bond donors (Lipinski definition) is 0. The standard InChI is InChI=1S/C2H6O2Si/c1-2-3-4-5/h2H,1H2,5H3. The normalized spacial score (nSPS) is 7.20. The Bertz CT molecular complexity index is 28.8. The van der Waals surface area contributed by atoms with Gasteiger partial charge in [-0.1, -0.05) is 6.58 Å². The molecule has 0 aromatic rings. The quantitative estimate of drug-likeness (QED) is 0.194. The molecule has 0 bridgehead atoms. The van der Waals surface area contributed by atoms with Crippen molar-refractivity contribution in [2.45, 2.75) is 0 Å². The van der Waals surface area contributed by atoms with Gasteiger partial charge in [-0.3, -0.25) is 4.58 Å². The van der Waals surface area contributed by atoms with Gasteiger partial charge in [0, 0.05) is 0 Å². The van der Waals surface area contributed by atoms with Crippen molar-refractivity contribution in [3.8, 4) is 0 Å². The molecule has 0 rings (SSSR count). The lowest BCUT2D eigenvalue weighted by Crippen LogP contribution is -1.74. The molecule has 0 unspecified atom stereocenters. The van der Waals surface area contributed by atoms with Gasteiger partial charge in [-0.05, 0) is 0 Å². The fourth-order valence-corrected chi connectivity index (χ4v) is 0.204. The van der Waals surface area contributed by atoms with Gasteiger partial charge >= 0.3 is 0 Å². The molecule has 30 valence electrons. The predicted octanol–water partition coefficient (Wildman–Crippen LogP) is -0.642. The maximum Gasteiger partial charge on any atom is 0.209 e. The average Bonchev–Trinajstić information content (AvgIpc) is 1.41. The third kappa shape index (κ3) is 3.72. The first-order valence-electron chi connectivity index (χ1n) is 1.22. The van der Waals surface area contributed by atoms with Crippen LogP contribution in [0.1, 0.15) is 0 Å². The van der Waals surface area contributed by atoms with Crippen LogP contribution < -0.4 is 0 Å². The highest BCUT2D eigenvalue weighted by Crippen LogP contribution is 1.64. The molecule has 0 saturated carbocycles. The molecule has 0 amide bonds. The summed E-state index contributed by atoms with van der Waals surface area (Å²) in [5.74, 6) is 0. The molecule has 0 aliphatic heterocycles. The molecule has 2 nitrogen and oxygen atoms in total. The maximum atomic E-state index is 4.21.